The quantitative estimate of drug-likeness (QED) is 0.557. The molecular weight excluding hydrogens is 382 g/mol. The number of imide groups is 1. The molecule has 1 aromatic carbocycles. The van der Waals surface area contributed by atoms with E-state index < -0.39 is 18.5 Å². The fourth-order valence-corrected chi connectivity index (χ4v) is 3.22. The van der Waals surface area contributed by atoms with Crippen LogP contribution in [0, 0.1) is 0 Å². The third-order valence-electron chi connectivity index (χ3n) is 3.85. The molecule has 0 radical (unpaired) electrons. The second-order valence-electron chi connectivity index (χ2n) is 5.82. The van der Waals surface area contributed by atoms with Crippen molar-refractivity contribution in [3.05, 3.63) is 48.2 Å². The van der Waals surface area contributed by atoms with Crippen LogP contribution < -0.4 is 5.32 Å². The number of fused-ring (bicyclic) bond motifs is 1. The molecule has 0 aliphatic carbocycles. The van der Waals surface area contributed by atoms with Crippen molar-refractivity contribution in [2.45, 2.75) is 0 Å². The van der Waals surface area contributed by atoms with Crippen molar-refractivity contribution in [1.82, 2.24) is 15.2 Å². The first-order valence-corrected chi connectivity index (χ1v) is 9.46. The van der Waals surface area contributed by atoms with E-state index in [4.69, 9.17) is 4.74 Å². The van der Waals surface area contributed by atoms with Gasteiger partial charge in [-0.15, -0.1) is 0 Å². The predicted octanol–water partition coefficient (Wildman–Crippen LogP) is 1.60. The van der Waals surface area contributed by atoms with Crippen molar-refractivity contribution in [1.29, 1.82) is 0 Å². The smallest absolute Gasteiger partial charge is 0.331 e. The number of nitrogens with one attached hydrogen (secondary N) is 1. The van der Waals surface area contributed by atoms with Gasteiger partial charge in [-0.3, -0.25) is 19.3 Å². The number of para-hydroxylation sites is 1. The minimum atomic E-state index is -0.675. The van der Waals surface area contributed by atoms with Crippen LogP contribution in [-0.2, 0) is 19.1 Å². The number of carbonyl (C=O) groups excluding carboxylic acids is 4. The van der Waals surface area contributed by atoms with Gasteiger partial charge in [-0.25, -0.2) is 9.78 Å². The molecule has 3 amide bonds. The van der Waals surface area contributed by atoms with E-state index >= 15 is 0 Å². The predicted molar refractivity (Wildman–Crippen MR) is 104 cm³/mol. The zero-order valence-corrected chi connectivity index (χ0v) is 15.6. The Morgan fingerprint density at radius 3 is 2.82 bits per heavy atom. The van der Waals surface area contributed by atoms with E-state index in [1.807, 2.05) is 30.3 Å². The molecule has 0 unspecified atom stereocenters. The number of rotatable bonds is 7. The topological polar surface area (TPSA) is 106 Å². The minimum Gasteiger partial charge on any atom is -0.452 e. The third kappa shape index (κ3) is 5.17. The van der Waals surface area contributed by atoms with Crippen LogP contribution in [0.3, 0.4) is 0 Å². The summed E-state index contributed by atoms with van der Waals surface area (Å²) < 4.78 is 4.86. The van der Waals surface area contributed by atoms with Gasteiger partial charge in [-0.2, -0.15) is 0 Å². The van der Waals surface area contributed by atoms with Crippen LogP contribution in [-0.4, -0.2) is 58.4 Å². The normalized spacial score (nSPS) is 14.1. The standard InChI is InChI=1S/C19H17N3O5S/c23-16(20-9-10-22-17(24)12-28-19(22)26)11-27-18(25)8-7-14-6-5-13-3-1-2-4-15(13)21-14/h1-8H,9-12H2,(H,20,23)/b8-7+. The molecular formula is C19H17N3O5S. The maximum absolute atomic E-state index is 11.7. The molecule has 0 atom stereocenters. The van der Waals surface area contributed by atoms with Crippen molar-refractivity contribution in [3.63, 3.8) is 0 Å². The zero-order valence-electron chi connectivity index (χ0n) is 14.8. The fourth-order valence-electron chi connectivity index (χ4n) is 2.47. The Hall–Kier alpha value is -3.20. The lowest BCUT2D eigenvalue weighted by Gasteiger charge is -2.12. The lowest BCUT2D eigenvalue weighted by molar-refractivity contribution is -0.143. The number of pyridine rings is 1. The lowest BCUT2D eigenvalue weighted by atomic mass is 10.2. The molecule has 3 rings (SSSR count). The molecule has 2 heterocycles. The highest BCUT2D eigenvalue weighted by atomic mass is 32.2. The van der Waals surface area contributed by atoms with Gasteiger partial charge in [0.1, 0.15) is 0 Å². The molecule has 1 aromatic heterocycles. The molecule has 1 aliphatic rings. The Balaban J connectivity index is 1.40. The van der Waals surface area contributed by atoms with Crippen LogP contribution in [0.15, 0.2) is 42.5 Å². The largest absolute Gasteiger partial charge is 0.452 e. The monoisotopic (exact) mass is 399 g/mol. The van der Waals surface area contributed by atoms with Gasteiger partial charge in [0.2, 0.25) is 5.91 Å². The molecule has 2 aromatic rings. The molecule has 8 nitrogen and oxygen atoms in total. The summed E-state index contributed by atoms with van der Waals surface area (Å²) in [4.78, 5) is 51.7. The number of thioether (sulfide) groups is 1. The van der Waals surface area contributed by atoms with E-state index in [0.717, 1.165) is 27.6 Å². The Morgan fingerprint density at radius 1 is 1.21 bits per heavy atom. The number of amides is 3. The van der Waals surface area contributed by atoms with Crippen molar-refractivity contribution in [3.8, 4) is 0 Å². The maximum Gasteiger partial charge on any atom is 0.331 e. The highest BCUT2D eigenvalue weighted by Gasteiger charge is 2.29. The van der Waals surface area contributed by atoms with Crippen molar-refractivity contribution >= 4 is 51.8 Å². The summed E-state index contributed by atoms with van der Waals surface area (Å²) in [5, 5.41) is 3.17. The average molecular weight is 399 g/mol. The molecule has 0 spiro atoms. The molecule has 1 saturated heterocycles. The summed E-state index contributed by atoms with van der Waals surface area (Å²) in [6.45, 7) is -0.256. The van der Waals surface area contributed by atoms with Gasteiger partial charge in [0.05, 0.1) is 17.0 Å². The average Bonchev–Trinajstić information content (AvgIpc) is 3.02. The number of esters is 1. The number of hydrogen-bond donors (Lipinski definition) is 1. The van der Waals surface area contributed by atoms with Gasteiger partial charge in [0, 0.05) is 24.6 Å². The van der Waals surface area contributed by atoms with E-state index in [1.54, 1.807) is 6.07 Å². The molecule has 144 valence electrons. The summed E-state index contributed by atoms with van der Waals surface area (Å²) in [7, 11) is 0. The van der Waals surface area contributed by atoms with Gasteiger partial charge < -0.3 is 10.1 Å². The van der Waals surface area contributed by atoms with E-state index in [9.17, 15) is 19.2 Å². The number of ether oxygens (including phenoxy) is 1. The molecule has 9 heteroatoms. The Labute approximate surface area is 164 Å². The number of aromatic nitrogens is 1. The van der Waals surface area contributed by atoms with Gasteiger partial charge in [0.25, 0.3) is 11.1 Å². The van der Waals surface area contributed by atoms with Crippen LogP contribution in [0.5, 0.6) is 0 Å². The minimum absolute atomic E-state index is 0.0951. The van der Waals surface area contributed by atoms with Crippen LogP contribution >= 0.6 is 11.8 Å². The summed E-state index contributed by atoms with van der Waals surface area (Å²) in [6.07, 6.45) is 2.71. The first kappa shape index (κ1) is 19.6. The second kappa shape index (κ2) is 9.14. The number of carbonyl (C=O) groups is 4. The first-order valence-electron chi connectivity index (χ1n) is 8.47. The fraction of sp³-hybridized carbons (Fsp3) is 0.211. The number of benzene rings is 1. The molecule has 0 saturated carbocycles. The second-order valence-corrected chi connectivity index (χ2v) is 6.75. The summed E-state index contributed by atoms with van der Waals surface area (Å²) in [5.41, 5.74) is 1.41. The van der Waals surface area contributed by atoms with E-state index in [1.165, 1.54) is 12.2 Å². The van der Waals surface area contributed by atoms with Crippen LogP contribution in [0.25, 0.3) is 17.0 Å². The summed E-state index contributed by atoms with van der Waals surface area (Å²) in [6, 6.07) is 11.3. The SMILES string of the molecule is O=C(COC(=O)/C=C/c1ccc2ccccc2n1)NCCN1C(=O)CSC1=O. The highest BCUT2D eigenvalue weighted by molar-refractivity contribution is 8.14. The van der Waals surface area contributed by atoms with Crippen LogP contribution in [0.1, 0.15) is 5.69 Å². The van der Waals surface area contributed by atoms with Gasteiger partial charge in [0.15, 0.2) is 6.61 Å². The highest BCUT2D eigenvalue weighted by Crippen LogP contribution is 2.17. The van der Waals surface area contributed by atoms with Crippen LogP contribution in [0.4, 0.5) is 4.79 Å². The van der Waals surface area contributed by atoms with E-state index in [2.05, 4.69) is 10.3 Å². The molecule has 0 bridgehead atoms. The maximum atomic E-state index is 11.7. The number of hydrogen-bond acceptors (Lipinski definition) is 7. The van der Waals surface area contributed by atoms with Gasteiger partial charge in [-0.1, -0.05) is 36.0 Å². The van der Waals surface area contributed by atoms with Gasteiger partial charge in [-0.05, 0) is 18.2 Å². The van der Waals surface area contributed by atoms with Crippen molar-refractivity contribution < 1.29 is 23.9 Å². The molecule has 1 N–H and O–H groups in total. The van der Waals surface area contributed by atoms with Crippen molar-refractivity contribution in [2.24, 2.45) is 0 Å². The van der Waals surface area contributed by atoms with Crippen LogP contribution in [0.2, 0.25) is 0 Å². The lowest BCUT2D eigenvalue weighted by Crippen LogP contribution is -2.38. The van der Waals surface area contributed by atoms with Crippen molar-refractivity contribution in [2.75, 3.05) is 25.4 Å². The summed E-state index contributed by atoms with van der Waals surface area (Å²) >= 11 is 0.933. The first-order chi connectivity index (χ1) is 13.5. The van der Waals surface area contributed by atoms with E-state index in [0.29, 0.717) is 5.69 Å². The Morgan fingerprint density at radius 2 is 2.04 bits per heavy atom. The van der Waals surface area contributed by atoms with Gasteiger partial charge >= 0.3 is 5.97 Å². The third-order valence-corrected chi connectivity index (χ3v) is 4.71. The molecule has 1 fully saturated rings. The van der Waals surface area contributed by atoms with E-state index in [-0.39, 0.29) is 30.0 Å². The Bertz CT molecular complexity index is 943. The summed E-state index contributed by atoms with van der Waals surface area (Å²) in [5.74, 6) is -1.34. The zero-order chi connectivity index (χ0) is 19.9. The molecule has 28 heavy (non-hydrogen) atoms. The number of nitrogens with zero attached hydrogens (tertiary/aromatic N) is 2. The Kier molecular flexibility index (Phi) is 6.38. The molecule has 1 aliphatic heterocycles.